The molecule has 0 aliphatic rings. The topological polar surface area (TPSA) is 108 Å². The summed E-state index contributed by atoms with van der Waals surface area (Å²) in [7, 11) is 5.04. The molecule has 8 nitrogen and oxygen atoms in total. The molecular formula is C34H49N3O5S. The Balaban J connectivity index is 2.48. The average molecular weight is 612 g/mol. The van der Waals surface area contributed by atoms with Gasteiger partial charge in [0, 0.05) is 28.5 Å². The summed E-state index contributed by atoms with van der Waals surface area (Å²) in [5, 5.41) is 15.8. The highest BCUT2D eigenvalue weighted by Crippen LogP contribution is 2.34. The zero-order chi connectivity index (χ0) is 32.5. The molecule has 0 unspecified atom stereocenters. The van der Waals surface area contributed by atoms with Crippen LogP contribution in [-0.4, -0.2) is 71.9 Å². The maximum atomic E-state index is 14.3. The summed E-state index contributed by atoms with van der Waals surface area (Å²) in [6.45, 7) is 13.3. The van der Waals surface area contributed by atoms with Gasteiger partial charge >= 0.3 is 5.97 Å². The van der Waals surface area contributed by atoms with E-state index in [1.807, 2.05) is 96.1 Å². The van der Waals surface area contributed by atoms with E-state index in [9.17, 15) is 19.5 Å². The van der Waals surface area contributed by atoms with Gasteiger partial charge in [0.15, 0.2) is 0 Å². The summed E-state index contributed by atoms with van der Waals surface area (Å²) >= 11 is 1.57. The predicted octanol–water partition coefficient (Wildman–Crippen LogP) is 5.27. The SMILES string of the molecule is CN[C@H](C(=O)N[C@H](C(=O)N(C)[C@H](C=C(C)C(=O)O)C(C)C)C(C)(C)SCc1ccc(OC)cc1)C(C)(C)c1ccccc1. The molecule has 3 N–H and O–H groups in total. The Morgan fingerprint density at radius 1 is 1.00 bits per heavy atom. The zero-order valence-corrected chi connectivity index (χ0v) is 28.0. The van der Waals surface area contributed by atoms with Gasteiger partial charge < -0.3 is 25.4 Å². The monoisotopic (exact) mass is 611 g/mol. The Morgan fingerprint density at radius 3 is 2.07 bits per heavy atom. The molecule has 0 aliphatic carbocycles. The standard InChI is InChI=1S/C34H49N3O5S/c1-22(2)27(20-23(3)32(40)41)37(9)31(39)29(34(6,7)43-21-24-16-18-26(42-10)19-17-24)36-30(38)28(35-8)33(4,5)25-14-12-11-13-15-25/h11-20,22,27-29,35H,21H2,1-10H3,(H,36,38)(H,40,41)/t27-,28-,29-/m1/s1. The molecule has 3 atom stereocenters. The van der Waals surface area contributed by atoms with Crippen molar-refractivity contribution in [2.24, 2.45) is 5.92 Å². The van der Waals surface area contributed by atoms with Crippen molar-refractivity contribution in [2.45, 2.75) is 82.5 Å². The van der Waals surface area contributed by atoms with Crippen LogP contribution in [0.15, 0.2) is 66.2 Å². The lowest BCUT2D eigenvalue weighted by Crippen LogP contribution is -2.63. The number of carboxylic acid groups (broad SMARTS) is 1. The highest BCUT2D eigenvalue weighted by molar-refractivity contribution is 7.99. The number of amides is 2. The van der Waals surface area contributed by atoms with Crippen LogP contribution in [0, 0.1) is 5.92 Å². The molecule has 0 aliphatic heterocycles. The molecule has 236 valence electrons. The summed E-state index contributed by atoms with van der Waals surface area (Å²) in [5.74, 6) is -0.306. The first-order chi connectivity index (χ1) is 20.1. The van der Waals surface area contributed by atoms with E-state index >= 15 is 0 Å². The zero-order valence-electron chi connectivity index (χ0n) is 27.2. The molecule has 2 aromatic rings. The molecule has 2 rings (SSSR count). The van der Waals surface area contributed by atoms with Crippen molar-refractivity contribution in [1.82, 2.24) is 15.5 Å². The number of methoxy groups -OCH3 is 1. The molecule has 2 aromatic carbocycles. The number of likely N-dealkylation sites (N-methyl/N-ethyl adjacent to an activating group) is 2. The molecular weight excluding hydrogens is 562 g/mol. The Hall–Kier alpha value is -3.30. The minimum Gasteiger partial charge on any atom is -0.497 e. The van der Waals surface area contributed by atoms with Gasteiger partial charge in [-0.05, 0) is 57.0 Å². The minimum absolute atomic E-state index is 0.0586. The maximum absolute atomic E-state index is 14.3. The summed E-state index contributed by atoms with van der Waals surface area (Å²) in [6, 6.07) is 15.6. The minimum atomic E-state index is -1.04. The van der Waals surface area contributed by atoms with Gasteiger partial charge in [0.25, 0.3) is 0 Å². The van der Waals surface area contributed by atoms with E-state index in [-0.39, 0.29) is 23.3 Å². The van der Waals surface area contributed by atoms with Crippen LogP contribution in [0.25, 0.3) is 0 Å². The quantitative estimate of drug-likeness (QED) is 0.236. The molecule has 43 heavy (non-hydrogen) atoms. The summed E-state index contributed by atoms with van der Waals surface area (Å²) in [4.78, 5) is 41.6. The van der Waals surface area contributed by atoms with Crippen molar-refractivity contribution in [3.8, 4) is 5.75 Å². The molecule has 2 amide bonds. The maximum Gasteiger partial charge on any atom is 0.331 e. The summed E-state index contributed by atoms with van der Waals surface area (Å²) in [5.41, 5.74) is 1.63. The van der Waals surface area contributed by atoms with Crippen molar-refractivity contribution in [3.05, 3.63) is 77.4 Å². The highest BCUT2D eigenvalue weighted by Gasteiger charge is 2.43. The van der Waals surface area contributed by atoms with Gasteiger partial charge in [-0.1, -0.05) is 76.2 Å². The third kappa shape index (κ3) is 9.34. The van der Waals surface area contributed by atoms with E-state index in [4.69, 9.17) is 4.74 Å². The fraction of sp³-hybridized carbons (Fsp3) is 0.500. The molecule has 9 heteroatoms. The molecule has 0 aromatic heterocycles. The van der Waals surface area contributed by atoms with Gasteiger partial charge in [-0.3, -0.25) is 9.59 Å². The van der Waals surface area contributed by atoms with Gasteiger partial charge in [-0.15, -0.1) is 11.8 Å². The first-order valence-electron chi connectivity index (χ1n) is 14.5. The number of rotatable bonds is 15. The number of nitrogens with zero attached hydrogens (tertiary/aromatic N) is 1. The van der Waals surface area contributed by atoms with Gasteiger partial charge in [-0.25, -0.2) is 4.79 Å². The van der Waals surface area contributed by atoms with E-state index in [0.29, 0.717) is 5.75 Å². The first-order valence-corrected chi connectivity index (χ1v) is 15.5. The fourth-order valence-corrected chi connectivity index (χ4v) is 6.17. The summed E-state index contributed by atoms with van der Waals surface area (Å²) < 4.78 is 4.55. The lowest BCUT2D eigenvalue weighted by atomic mass is 9.77. The van der Waals surface area contributed by atoms with Crippen LogP contribution in [0.5, 0.6) is 5.75 Å². The highest BCUT2D eigenvalue weighted by atomic mass is 32.2. The van der Waals surface area contributed by atoms with E-state index in [1.165, 1.54) is 6.92 Å². The number of hydrogen-bond acceptors (Lipinski definition) is 6. The second-order valence-corrected chi connectivity index (χ2v) is 14.0. The van der Waals surface area contributed by atoms with Crippen LogP contribution >= 0.6 is 11.8 Å². The van der Waals surface area contributed by atoms with Gasteiger partial charge in [-0.2, -0.15) is 0 Å². The van der Waals surface area contributed by atoms with E-state index < -0.39 is 34.3 Å². The van der Waals surface area contributed by atoms with Crippen LogP contribution in [-0.2, 0) is 25.6 Å². The Morgan fingerprint density at radius 2 is 1.58 bits per heavy atom. The molecule has 0 radical (unpaired) electrons. The number of aliphatic carboxylic acids is 1. The largest absolute Gasteiger partial charge is 0.497 e. The Labute approximate surface area is 261 Å². The van der Waals surface area contributed by atoms with Crippen LogP contribution < -0.4 is 15.4 Å². The molecule has 0 bridgehead atoms. The second kappa shape index (κ2) is 15.4. The van der Waals surface area contributed by atoms with Crippen LogP contribution in [0.4, 0.5) is 0 Å². The number of ether oxygens (including phenoxy) is 1. The smallest absolute Gasteiger partial charge is 0.331 e. The third-order valence-electron chi connectivity index (χ3n) is 8.02. The third-order valence-corrected chi connectivity index (χ3v) is 9.48. The average Bonchev–Trinajstić information content (AvgIpc) is 2.97. The van der Waals surface area contributed by atoms with Gasteiger partial charge in [0.2, 0.25) is 11.8 Å². The lowest BCUT2D eigenvalue weighted by molar-refractivity contribution is -0.138. The number of nitrogens with one attached hydrogen (secondary N) is 2. The van der Waals surface area contributed by atoms with Crippen molar-refractivity contribution in [3.63, 3.8) is 0 Å². The van der Waals surface area contributed by atoms with E-state index in [2.05, 4.69) is 10.6 Å². The summed E-state index contributed by atoms with van der Waals surface area (Å²) in [6.07, 6.45) is 1.61. The van der Waals surface area contributed by atoms with Crippen LogP contribution in [0.3, 0.4) is 0 Å². The second-order valence-electron chi connectivity index (χ2n) is 12.3. The van der Waals surface area contributed by atoms with Crippen molar-refractivity contribution >= 4 is 29.5 Å². The number of benzene rings is 2. The lowest BCUT2D eigenvalue weighted by Gasteiger charge is -2.41. The Bertz CT molecular complexity index is 1260. The Kier molecular flexibility index (Phi) is 12.9. The molecule has 0 saturated heterocycles. The molecule has 0 fully saturated rings. The fourth-order valence-electron chi connectivity index (χ4n) is 5.12. The van der Waals surface area contributed by atoms with Crippen molar-refractivity contribution < 1.29 is 24.2 Å². The van der Waals surface area contributed by atoms with Crippen molar-refractivity contribution in [2.75, 3.05) is 21.2 Å². The van der Waals surface area contributed by atoms with Crippen LogP contribution in [0.2, 0.25) is 0 Å². The van der Waals surface area contributed by atoms with Gasteiger partial charge in [0.1, 0.15) is 11.8 Å². The van der Waals surface area contributed by atoms with Gasteiger partial charge in [0.05, 0.1) is 19.2 Å². The number of carboxylic acids is 1. The number of carbonyl (C=O) groups excluding carboxylic acids is 2. The molecule has 0 saturated carbocycles. The first kappa shape index (κ1) is 35.9. The normalized spacial score (nSPS) is 14.5. The number of carbonyl (C=O) groups is 3. The molecule has 0 spiro atoms. The van der Waals surface area contributed by atoms with E-state index in [0.717, 1.165) is 16.9 Å². The number of hydrogen-bond donors (Lipinski definition) is 3. The van der Waals surface area contributed by atoms with E-state index in [1.54, 1.807) is 43.9 Å². The van der Waals surface area contributed by atoms with Crippen molar-refractivity contribution in [1.29, 1.82) is 0 Å². The van der Waals surface area contributed by atoms with Crippen LogP contribution in [0.1, 0.15) is 59.6 Å². The number of thioether (sulfide) groups is 1. The predicted molar refractivity (Wildman–Crippen MR) is 175 cm³/mol. The molecule has 0 heterocycles.